The van der Waals surface area contributed by atoms with Crippen molar-refractivity contribution in [2.75, 3.05) is 0 Å². The molecule has 0 saturated heterocycles. The molecule has 2 aromatic carbocycles. The molecule has 1 amide bonds. The predicted molar refractivity (Wildman–Crippen MR) is 101 cm³/mol. The summed E-state index contributed by atoms with van der Waals surface area (Å²) in [6.45, 7) is 7.81. The van der Waals surface area contributed by atoms with E-state index in [0.717, 1.165) is 21.2 Å². The van der Waals surface area contributed by atoms with Crippen molar-refractivity contribution in [3.8, 4) is 5.75 Å². The van der Waals surface area contributed by atoms with Gasteiger partial charge in [0, 0.05) is 10.0 Å². The third-order valence-corrected chi connectivity index (χ3v) is 4.13. The molecule has 0 spiro atoms. The van der Waals surface area contributed by atoms with E-state index in [0.29, 0.717) is 5.75 Å². The van der Waals surface area contributed by atoms with Gasteiger partial charge in [-0.3, -0.25) is 4.79 Å². The van der Waals surface area contributed by atoms with Crippen molar-refractivity contribution < 1.29 is 9.53 Å². The number of aryl methyl sites for hydroxylation is 3. The maximum atomic E-state index is 12.1. The van der Waals surface area contributed by atoms with Crippen LogP contribution in [0.1, 0.15) is 29.2 Å². The summed E-state index contributed by atoms with van der Waals surface area (Å²) in [4.78, 5) is 12.1. The van der Waals surface area contributed by atoms with E-state index in [2.05, 4.69) is 45.5 Å². The number of rotatable bonds is 5. The van der Waals surface area contributed by atoms with Crippen molar-refractivity contribution in [2.45, 2.75) is 33.8 Å². The summed E-state index contributed by atoms with van der Waals surface area (Å²) >= 11 is 3.36. The van der Waals surface area contributed by atoms with E-state index < -0.39 is 6.10 Å². The lowest BCUT2D eigenvalue weighted by Gasteiger charge is -2.13. The van der Waals surface area contributed by atoms with Crippen LogP contribution in [0.25, 0.3) is 0 Å². The molecular formula is C19H21BrN2O2. The minimum absolute atomic E-state index is 0.295. The molecule has 24 heavy (non-hydrogen) atoms. The fourth-order valence-corrected chi connectivity index (χ4v) is 2.68. The van der Waals surface area contributed by atoms with Crippen molar-refractivity contribution in [1.29, 1.82) is 0 Å². The number of hydrazone groups is 1. The normalized spacial score (nSPS) is 12.2. The Bertz CT molecular complexity index is 731. The van der Waals surface area contributed by atoms with Gasteiger partial charge in [-0.05, 0) is 63.1 Å². The largest absolute Gasteiger partial charge is 0.481 e. The Hall–Kier alpha value is -2.14. The summed E-state index contributed by atoms with van der Waals surface area (Å²) in [6, 6.07) is 11.5. The maximum Gasteiger partial charge on any atom is 0.280 e. The van der Waals surface area contributed by atoms with Gasteiger partial charge in [-0.2, -0.15) is 5.10 Å². The van der Waals surface area contributed by atoms with Crippen molar-refractivity contribution in [3.63, 3.8) is 0 Å². The molecule has 1 atom stereocenters. The highest BCUT2D eigenvalue weighted by Gasteiger charge is 2.13. The monoisotopic (exact) mass is 388 g/mol. The molecule has 0 heterocycles. The van der Waals surface area contributed by atoms with Gasteiger partial charge in [0.2, 0.25) is 0 Å². The maximum absolute atomic E-state index is 12.1. The van der Waals surface area contributed by atoms with Crippen LogP contribution in [0.5, 0.6) is 5.75 Å². The van der Waals surface area contributed by atoms with Crippen LogP contribution < -0.4 is 10.2 Å². The lowest BCUT2D eigenvalue weighted by Crippen LogP contribution is -2.33. The van der Waals surface area contributed by atoms with Gasteiger partial charge < -0.3 is 4.74 Å². The van der Waals surface area contributed by atoms with E-state index in [9.17, 15) is 4.79 Å². The van der Waals surface area contributed by atoms with Gasteiger partial charge in [0.25, 0.3) is 5.91 Å². The molecule has 0 aromatic heterocycles. The summed E-state index contributed by atoms with van der Waals surface area (Å²) in [5.41, 5.74) is 7.01. The number of ether oxygens (including phenoxy) is 1. The fraction of sp³-hybridized carbons (Fsp3) is 0.263. The van der Waals surface area contributed by atoms with Crippen LogP contribution in [0.2, 0.25) is 0 Å². The second-order valence-corrected chi connectivity index (χ2v) is 6.68. The van der Waals surface area contributed by atoms with Crippen molar-refractivity contribution >= 4 is 28.1 Å². The smallest absolute Gasteiger partial charge is 0.280 e. The predicted octanol–water partition coefficient (Wildman–Crippen LogP) is 4.29. The molecule has 0 aliphatic heterocycles. The Kier molecular flexibility index (Phi) is 6.15. The Morgan fingerprint density at radius 2 is 1.75 bits per heavy atom. The number of carbonyl (C=O) groups is 1. The molecule has 1 unspecified atom stereocenters. The Morgan fingerprint density at radius 1 is 1.17 bits per heavy atom. The zero-order chi connectivity index (χ0) is 17.7. The number of carbonyl (C=O) groups excluding carboxylic acids is 1. The fourth-order valence-electron chi connectivity index (χ4n) is 2.42. The van der Waals surface area contributed by atoms with Gasteiger partial charge in [-0.1, -0.05) is 33.6 Å². The Balaban J connectivity index is 1.96. The number of hydrogen-bond donors (Lipinski definition) is 1. The number of halogens is 1. The lowest BCUT2D eigenvalue weighted by molar-refractivity contribution is -0.127. The molecule has 0 bridgehead atoms. The van der Waals surface area contributed by atoms with Gasteiger partial charge >= 0.3 is 0 Å². The summed E-state index contributed by atoms with van der Waals surface area (Å²) < 4.78 is 6.55. The highest BCUT2D eigenvalue weighted by atomic mass is 79.9. The van der Waals surface area contributed by atoms with Crippen LogP contribution in [0, 0.1) is 20.8 Å². The molecule has 0 aliphatic carbocycles. The molecule has 0 saturated carbocycles. The van der Waals surface area contributed by atoms with Crippen LogP contribution in [0.4, 0.5) is 0 Å². The van der Waals surface area contributed by atoms with Gasteiger partial charge in [-0.25, -0.2) is 5.43 Å². The second-order valence-electron chi connectivity index (χ2n) is 5.76. The van der Waals surface area contributed by atoms with Gasteiger partial charge in [0.1, 0.15) is 5.75 Å². The molecular weight excluding hydrogens is 368 g/mol. The quantitative estimate of drug-likeness (QED) is 0.613. The van der Waals surface area contributed by atoms with Crippen LogP contribution in [-0.2, 0) is 4.79 Å². The van der Waals surface area contributed by atoms with Crippen LogP contribution >= 0.6 is 15.9 Å². The van der Waals surface area contributed by atoms with Gasteiger partial charge in [-0.15, -0.1) is 0 Å². The highest BCUT2D eigenvalue weighted by molar-refractivity contribution is 9.10. The van der Waals surface area contributed by atoms with Crippen molar-refractivity contribution in [3.05, 3.63) is 63.1 Å². The van der Waals surface area contributed by atoms with Crippen LogP contribution in [0.3, 0.4) is 0 Å². The highest BCUT2D eigenvalue weighted by Crippen LogP contribution is 2.17. The summed E-state index contributed by atoms with van der Waals surface area (Å²) in [5, 5.41) is 4.06. The molecule has 5 heteroatoms. The third-order valence-electron chi connectivity index (χ3n) is 3.60. The zero-order valence-electron chi connectivity index (χ0n) is 14.3. The first kappa shape index (κ1) is 18.2. The van der Waals surface area contributed by atoms with Gasteiger partial charge in [0.05, 0.1) is 6.21 Å². The minimum atomic E-state index is -0.636. The van der Waals surface area contributed by atoms with E-state index in [4.69, 9.17) is 4.74 Å². The molecule has 126 valence electrons. The third kappa shape index (κ3) is 4.93. The molecule has 4 nitrogen and oxygen atoms in total. The standard InChI is InChI=1S/C19H21BrN2O2/c1-12-9-13(2)18(14(3)10-12)11-21-22-19(23)15(4)24-17-7-5-16(20)6-8-17/h5-11,15H,1-4H3,(H,22,23)/b21-11+. The number of benzene rings is 2. The Labute approximate surface area is 151 Å². The lowest BCUT2D eigenvalue weighted by atomic mass is 10.0. The molecule has 0 fully saturated rings. The second kappa shape index (κ2) is 8.11. The summed E-state index contributed by atoms with van der Waals surface area (Å²) in [5.74, 6) is 0.339. The number of nitrogens with zero attached hydrogens (tertiary/aromatic N) is 1. The average Bonchev–Trinajstić information content (AvgIpc) is 2.51. The SMILES string of the molecule is Cc1cc(C)c(/C=N/NC(=O)C(C)Oc2ccc(Br)cc2)c(C)c1. The molecule has 2 rings (SSSR count). The topological polar surface area (TPSA) is 50.7 Å². The van der Waals surface area contributed by atoms with E-state index in [-0.39, 0.29) is 5.91 Å². The molecule has 0 aliphatic rings. The van der Waals surface area contributed by atoms with Crippen LogP contribution in [-0.4, -0.2) is 18.2 Å². The number of amides is 1. The average molecular weight is 389 g/mol. The van der Waals surface area contributed by atoms with Crippen molar-refractivity contribution in [2.24, 2.45) is 5.10 Å². The van der Waals surface area contributed by atoms with Crippen molar-refractivity contribution in [1.82, 2.24) is 5.43 Å². The number of hydrogen-bond acceptors (Lipinski definition) is 3. The first-order valence-electron chi connectivity index (χ1n) is 7.70. The summed E-state index contributed by atoms with van der Waals surface area (Å²) in [7, 11) is 0. The minimum Gasteiger partial charge on any atom is -0.481 e. The number of nitrogens with one attached hydrogen (secondary N) is 1. The first-order chi connectivity index (χ1) is 11.4. The molecule has 0 radical (unpaired) electrons. The van der Waals surface area contributed by atoms with E-state index in [1.165, 1.54) is 5.56 Å². The van der Waals surface area contributed by atoms with E-state index in [1.54, 1.807) is 25.3 Å². The van der Waals surface area contributed by atoms with E-state index in [1.807, 2.05) is 26.0 Å². The zero-order valence-corrected chi connectivity index (χ0v) is 15.8. The van der Waals surface area contributed by atoms with Gasteiger partial charge in [0.15, 0.2) is 6.10 Å². The molecule has 2 aromatic rings. The summed E-state index contributed by atoms with van der Waals surface area (Å²) in [6.07, 6.45) is 1.04. The molecule has 1 N–H and O–H groups in total. The Morgan fingerprint density at radius 3 is 2.33 bits per heavy atom. The first-order valence-corrected chi connectivity index (χ1v) is 8.49. The van der Waals surface area contributed by atoms with Crippen LogP contribution in [0.15, 0.2) is 46.0 Å². The van der Waals surface area contributed by atoms with E-state index >= 15 is 0 Å².